The van der Waals surface area contributed by atoms with E-state index in [1.54, 1.807) is 6.20 Å². The Bertz CT molecular complexity index is 1190. The maximum Gasteiger partial charge on any atom is 0.253 e. The molecule has 0 saturated carbocycles. The Morgan fingerprint density at radius 3 is 2.73 bits per heavy atom. The molecule has 4 aromatic heterocycles. The SMILES string of the molecule is Cc1nc(-c2cc(C(=O)NCC(C)(C)CO)c3ccccn23)cn1-c1ccccn1. The number of carbonyl (C=O) groups is 1. The molecule has 4 rings (SSSR count). The van der Waals surface area contributed by atoms with Crippen LogP contribution in [0.25, 0.3) is 22.7 Å². The van der Waals surface area contributed by atoms with Gasteiger partial charge in [-0.1, -0.05) is 26.0 Å². The second-order valence-corrected chi connectivity index (χ2v) is 8.14. The molecule has 4 aromatic rings. The van der Waals surface area contributed by atoms with Crippen LogP contribution in [0.4, 0.5) is 0 Å². The smallest absolute Gasteiger partial charge is 0.253 e. The molecule has 0 bridgehead atoms. The van der Waals surface area contributed by atoms with Crippen molar-refractivity contribution in [3.63, 3.8) is 0 Å². The number of aromatic nitrogens is 4. The molecule has 0 unspecified atom stereocenters. The van der Waals surface area contributed by atoms with Crippen LogP contribution in [0, 0.1) is 12.3 Å². The number of imidazole rings is 1. The quantitative estimate of drug-likeness (QED) is 0.518. The molecule has 0 spiro atoms. The Kier molecular flexibility index (Phi) is 5.13. The summed E-state index contributed by atoms with van der Waals surface area (Å²) in [6, 6.07) is 13.3. The molecule has 7 heteroatoms. The monoisotopic (exact) mass is 403 g/mol. The summed E-state index contributed by atoms with van der Waals surface area (Å²) in [6.07, 6.45) is 5.61. The van der Waals surface area contributed by atoms with Gasteiger partial charge in [-0.2, -0.15) is 0 Å². The molecule has 0 aliphatic carbocycles. The van der Waals surface area contributed by atoms with Gasteiger partial charge in [0.2, 0.25) is 0 Å². The van der Waals surface area contributed by atoms with Crippen LogP contribution in [0.3, 0.4) is 0 Å². The van der Waals surface area contributed by atoms with Crippen molar-refractivity contribution >= 4 is 11.4 Å². The number of hydrogen-bond donors (Lipinski definition) is 2. The summed E-state index contributed by atoms with van der Waals surface area (Å²) in [6.45, 7) is 6.13. The molecule has 30 heavy (non-hydrogen) atoms. The van der Waals surface area contributed by atoms with Gasteiger partial charge in [0, 0.05) is 37.2 Å². The van der Waals surface area contributed by atoms with E-state index in [-0.39, 0.29) is 17.9 Å². The minimum atomic E-state index is -0.382. The van der Waals surface area contributed by atoms with E-state index in [2.05, 4.69) is 10.3 Å². The van der Waals surface area contributed by atoms with Gasteiger partial charge in [-0.25, -0.2) is 9.97 Å². The molecule has 7 nitrogen and oxygen atoms in total. The van der Waals surface area contributed by atoms with Gasteiger partial charge in [-0.15, -0.1) is 0 Å². The van der Waals surface area contributed by atoms with Gasteiger partial charge >= 0.3 is 0 Å². The van der Waals surface area contributed by atoms with Gasteiger partial charge < -0.3 is 14.8 Å². The van der Waals surface area contributed by atoms with E-state index in [0.717, 1.165) is 28.5 Å². The average Bonchev–Trinajstić information content (AvgIpc) is 3.33. The molecule has 0 fully saturated rings. The molecule has 0 saturated heterocycles. The highest BCUT2D eigenvalue weighted by Gasteiger charge is 2.22. The predicted octanol–water partition coefficient (Wildman–Crippen LogP) is 3.24. The normalized spacial score (nSPS) is 11.7. The number of nitrogens with zero attached hydrogens (tertiary/aromatic N) is 4. The zero-order chi connectivity index (χ0) is 21.3. The van der Waals surface area contributed by atoms with E-state index in [1.807, 2.05) is 84.6 Å². The summed E-state index contributed by atoms with van der Waals surface area (Å²) >= 11 is 0. The van der Waals surface area contributed by atoms with Crippen LogP contribution in [0.5, 0.6) is 0 Å². The van der Waals surface area contributed by atoms with Gasteiger partial charge in [0.1, 0.15) is 17.3 Å². The number of pyridine rings is 2. The van der Waals surface area contributed by atoms with E-state index < -0.39 is 0 Å². The van der Waals surface area contributed by atoms with Crippen LogP contribution in [0.15, 0.2) is 61.1 Å². The first-order chi connectivity index (χ1) is 14.4. The van der Waals surface area contributed by atoms with Gasteiger partial charge in [0.15, 0.2) is 0 Å². The number of amides is 1. The molecule has 154 valence electrons. The van der Waals surface area contributed by atoms with Crippen LogP contribution in [0.2, 0.25) is 0 Å². The van der Waals surface area contributed by atoms with Crippen LogP contribution in [0.1, 0.15) is 30.0 Å². The Morgan fingerprint density at radius 1 is 1.20 bits per heavy atom. The molecule has 0 radical (unpaired) electrons. The average molecular weight is 403 g/mol. The summed E-state index contributed by atoms with van der Waals surface area (Å²) in [5, 5.41) is 12.4. The van der Waals surface area contributed by atoms with Crippen LogP contribution < -0.4 is 5.32 Å². The number of rotatable bonds is 6. The highest BCUT2D eigenvalue weighted by Crippen LogP contribution is 2.27. The number of carbonyl (C=O) groups excluding carboxylic acids is 1. The van der Waals surface area contributed by atoms with E-state index >= 15 is 0 Å². The summed E-state index contributed by atoms with van der Waals surface area (Å²) < 4.78 is 3.90. The van der Waals surface area contributed by atoms with Crippen molar-refractivity contribution in [2.45, 2.75) is 20.8 Å². The maximum atomic E-state index is 12.9. The Balaban J connectivity index is 1.74. The minimum absolute atomic E-state index is 0.000721. The molecular formula is C23H25N5O2. The molecule has 2 N–H and O–H groups in total. The van der Waals surface area contributed by atoms with Crippen molar-refractivity contribution in [1.29, 1.82) is 0 Å². The third-order valence-corrected chi connectivity index (χ3v) is 5.12. The van der Waals surface area contributed by atoms with Crippen molar-refractivity contribution in [3.05, 3.63) is 72.4 Å². The zero-order valence-electron chi connectivity index (χ0n) is 17.3. The molecule has 0 atom stereocenters. The van der Waals surface area contributed by atoms with E-state index in [1.165, 1.54) is 0 Å². The largest absolute Gasteiger partial charge is 0.396 e. The molecular weight excluding hydrogens is 378 g/mol. The zero-order valence-corrected chi connectivity index (χ0v) is 17.3. The topological polar surface area (TPSA) is 84.5 Å². The molecule has 0 aliphatic rings. The molecule has 0 aromatic carbocycles. The summed E-state index contributed by atoms with van der Waals surface area (Å²) in [5.41, 5.74) is 2.58. The first-order valence-corrected chi connectivity index (χ1v) is 9.86. The third-order valence-electron chi connectivity index (χ3n) is 5.12. The van der Waals surface area contributed by atoms with Gasteiger partial charge in [-0.05, 0) is 37.3 Å². The Morgan fingerprint density at radius 2 is 2.00 bits per heavy atom. The van der Waals surface area contributed by atoms with Crippen molar-refractivity contribution in [1.82, 2.24) is 24.3 Å². The second kappa shape index (κ2) is 7.76. The number of aliphatic hydroxyl groups excluding tert-OH is 1. The summed E-state index contributed by atoms with van der Waals surface area (Å²) in [5.74, 6) is 1.43. The van der Waals surface area contributed by atoms with Crippen molar-refractivity contribution in [2.24, 2.45) is 5.41 Å². The van der Waals surface area contributed by atoms with Crippen molar-refractivity contribution < 1.29 is 9.90 Å². The Hall–Kier alpha value is -3.45. The van der Waals surface area contributed by atoms with E-state index in [9.17, 15) is 9.90 Å². The van der Waals surface area contributed by atoms with Crippen molar-refractivity contribution in [2.75, 3.05) is 13.2 Å². The first-order valence-electron chi connectivity index (χ1n) is 9.86. The number of aryl methyl sites for hydroxylation is 1. The predicted molar refractivity (Wildman–Crippen MR) is 116 cm³/mol. The van der Waals surface area contributed by atoms with Crippen LogP contribution >= 0.6 is 0 Å². The summed E-state index contributed by atoms with van der Waals surface area (Å²) in [4.78, 5) is 22.0. The number of aliphatic hydroxyl groups is 1. The van der Waals surface area contributed by atoms with Gasteiger partial charge in [0.05, 0.1) is 16.8 Å². The second-order valence-electron chi connectivity index (χ2n) is 8.14. The van der Waals surface area contributed by atoms with Crippen molar-refractivity contribution in [3.8, 4) is 17.2 Å². The number of hydrogen-bond acceptors (Lipinski definition) is 4. The fraction of sp³-hybridized carbons (Fsp3) is 0.261. The lowest BCUT2D eigenvalue weighted by Crippen LogP contribution is -2.36. The lowest BCUT2D eigenvalue weighted by atomic mass is 9.95. The van der Waals surface area contributed by atoms with Crippen LogP contribution in [-0.4, -0.2) is 43.1 Å². The summed E-state index contributed by atoms with van der Waals surface area (Å²) in [7, 11) is 0. The minimum Gasteiger partial charge on any atom is -0.396 e. The standard InChI is InChI=1S/C23H25N5O2/c1-16-26-18(13-28(16)21-9-4-6-10-24-21)20-12-17(19-8-5-7-11-27(19)20)22(30)25-14-23(2,3)15-29/h4-13,29H,14-15H2,1-3H3,(H,25,30). The lowest BCUT2D eigenvalue weighted by Gasteiger charge is -2.21. The maximum absolute atomic E-state index is 12.9. The van der Waals surface area contributed by atoms with Crippen LogP contribution in [-0.2, 0) is 0 Å². The van der Waals surface area contributed by atoms with E-state index in [4.69, 9.17) is 4.98 Å². The van der Waals surface area contributed by atoms with E-state index in [0.29, 0.717) is 12.1 Å². The Labute approximate surface area is 175 Å². The molecule has 4 heterocycles. The van der Waals surface area contributed by atoms with Gasteiger partial charge in [-0.3, -0.25) is 9.36 Å². The first kappa shape index (κ1) is 19.8. The lowest BCUT2D eigenvalue weighted by molar-refractivity contribution is 0.0913. The number of fused-ring (bicyclic) bond motifs is 1. The molecule has 1 amide bonds. The highest BCUT2D eigenvalue weighted by atomic mass is 16.3. The van der Waals surface area contributed by atoms with Gasteiger partial charge in [0.25, 0.3) is 5.91 Å². The fourth-order valence-corrected chi connectivity index (χ4v) is 3.33. The third kappa shape index (κ3) is 3.71. The number of nitrogens with one attached hydrogen (secondary N) is 1. The highest BCUT2D eigenvalue weighted by molar-refractivity contribution is 6.02. The molecule has 0 aliphatic heterocycles. The fourth-order valence-electron chi connectivity index (χ4n) is 3.33.